The van der Waals surface area contributed by atoms with Gasteiger partial charge >= 0.3 is 5.97 Å². The Labute approximate surface area is 156 Å². The molecule has 3 amide bonds. The van der Waals surface area contributed by atoms with E-state index in [9.17, 15) is 19.2 Å². The van der Waals surface area contributed by atoms with Gasteiger partial charge in [0, 0.05) is 0 Å². The predicted molar refractivity (Wildman–Crippen MR) is 96.6 cm³/mol. The summed E-state index contributed by atoms with van der Waals surface area (Å²) in [5.41, 5.74) is 1.29. The number of imide groups is 1. The molecule has 140 valence electrons. The van der Waals surface area contributed by atoms with Gasteiger partial charge in [-0.25, -0.2) is 4.79 Å². The largest absolute Gasteiger partial charge is 0.464 e. The average Bonchev–Trinajstić information content (AvgIpc) is 2.90. The van der Waals surface area contributed by atoms with Crippen molar-refractivity contribution < 1.29 is 23.9 Å². The topological polar surface area (TPSA) is 84.0 Å². The van der Waals surface area contributed by atoms with Gasteiger partial charge in [-0.3, -0.25) is 24.2 Å². The second kappa shape index (κ2) is 6.83. The number of benzene rings is 1. The summed E-state index contributed by atoms with van der Waals surface area (Å²) in [6.45, 7) is 7.08. The number of rotatable bonds is 5. The Kier molecular flexibility index (Phi) is 4.70. The predicted octanol–water partition coefficient (Wildman–Crippen LogP) is 1.91. The molecule has 2 heterocycles. The number of hydrogen-bond acceptors (Lipinski definition) is 5. The number of esters is 1. The van der Waals surface area contributed by atoms with Crippen LogP contribution in [0.3, 0.4) is 0 Å². The third-order valence-electron chi connectivity index (χ3n) is 4.79. The minimum absolute atomic E-state index is 0.127. The van der Waals surface area contributed by atoms with E-state index in [1.807, 2.05) is 0 Å². The summed E-state index contributed by atoms with van der Waals surface area (Å²) in [5, 5.41) is 0. The van der Waals surface area contributed by atoms with E-state index in [1.54, 1.807) is 44.2 Å². The first-order valence-corrected chi connectivity index (χ1v) is 8.51. The molecule has 7 nitrogen and oxygen atoms in total. The smallest absolute Gasteiger partial charge is 0.354 e. The van der Waals surface area contributed by atoms with E-state index >= 15 is 0 Å². The second-order valence-corrected chi connectivity index (χ2v) is 6.61. The van der Waals surface area contributed by atoms with Gasteiger partial charge in [0.15, 0.2) is 0 Å². The number of ether oxygens (including phenoxy) is 1. The summed E-state index contributed by atoms with van der Waals surface area (Å²) >= 11 is 0. The summed E-state index contributed by atoms with van der Waals surface area (Å²) in [6.07, 6.45) is 1.91. The molecule has 0 radical (unpaired) electrons. The number of β-lactam (4-membered cyclic amide) rings is 1. The van der Waals surface area contributed by atoms with Crippen LogP contribution < -0.4 is 0 Å². The molecular weight excluding hydrogens is 348 g/mol. The molecule has 0 bridgehead atoms. The molecule has 7 heteroatoms. The first-order chi connectivity index (χ1) is 12.8. The number of methoxy groups -OCH3 is 1. The maximum atomic E-state index is 12.9. The highest BCUT2D eigenvalue weighted by atomic mass is 16.5. The molecule has 1 aromatic carbocycles. The third-order valence-corrected chi connectivity index (χ3v) is 4.79. The van der Waals surface area contributed by atoms with Gasteiger partial charge in [-0.1, -0.05) is 18.2 Å². The monoisotopic (exact) mass is 368 g/mol. The Hall–Kier alpha value is -3.22. The van der Waals surface area contributed by atoms with Crippen molar-refractivity contribution >= 4 is 23.7 Å². The molecule has 2 aliphatic heterocycles. The molecule has 2 atom stereocenters. The maximum Gasteiger partial charge on any atom is 0.354 e. The molecule has 1 unspecified atom stereocenters. The maximum absolute atomic E-state index is 12.9. The lowest BCUT2D eigenvalue weighted by atomic mass is 9.88. The van der Waals surface area contributed by atoms with Crippen molar-refractivity contribution in [1.82, 2.24) is 9.80 Å². The average molecular weight is 368 g/mol. The summed E-state index contributed by atoms with van der Waals surface area (Å²) in [5.74, 6) is -2.13. The summed E-state index contributed by atoms with van der Waals surface area (Å²) in [6, 6.07) is 4.92. The van der Waals surface area contributed by atoms with Crippen molar-refractivity contribution in [3.8, 4) is 0 Å². The van der Waals surface area contributed by atoms with E-state index in [2.05, 4.69) is 6.58 Å². The van der Waals surface area contributed by atoms with Crippen LogP contribution >= 0.6 is 0 Å². The van der Waals surface area contributed by atoms with Crippen molar-refractivity contribution in [3.63, 3.8) is 0 Å². The van der Waals surface area contributed by atoms with E-state index in [1.165, 1.54) is 12.0 Å². The Bertz CT molecular complexity index is 862. The third kappa shape index (κ3) is 2.66. The Morgan fingerprint density at radius 2 is 1.70 bits per heavy atom. The van der Waals surface area contributed by atoms with Crippen molar-refractivity contribution in [2.45, 2.75) is 32.4 Å². The van der Waals surface area contributed by atoms with E-state index < -0.39 is 35.8 Å². The fraction of sp³-hybridized carbons (Fsp3) is 0.300. The standard InChI is InChI=1S/C20H20N2O5/c1-5-8-14-16(19(25)21(14)15(11(2)3)20(26)27-4)22-17(23)12-9-6-7-10-13(12)18(22)24/h5-7,9-10,14,16H,1,8H2,2-4H3/t14-,16?/m1/s1. The Morgan fingerprint density at radius 3 is 2.15 bits per heavy atom. The number of carbonyl (C=O) groups excluding carboxylic acids is 4. The first-order valence-electron chi connectivity index (χ1n) is 8.51. The number of carbonyl (C=O) groups is 4. The van der Waals surface area contributed by atoms with Crippen molar-refractivity contribution in [3.05, 3.63) is 59.3 Å². The van der Waals surface area contributed by atoms with Crippen LogP contribution in [0.1, 0.15) is 41.0 Å². The molecule has 27 heavy (non-hydrogen) atoms. The molecule has 2 aliphatic rings. The Balaban J connectivity index is 1.99. The quantitative estimate of drug-likeness (QED) is 0.261. The molecule has 0 saturated carbocycles. The van der Waals surface area contributed by atoms with Gasteiger partial charge in [-0.15, -0.1) is 6.58 Å². The van der Waals surface area contributed by atoms with Crippen LogP contribution in [-0.2, 0) is 14.3 Å². The van der Waals surface area contributed by atoms with Crippen molar-refractivity contribution in [2.24, 2.45) is 0 Å². The molecule has 0 aromatic heterocycles. The summed E-state index contributed by atoms with van der Waals surface area (Å²) in [4.78, 5) is 52.9. The molecule has 1 saturated heterocycles. The highest BCUT2D eigenvalue weighted by Crippen LogP contribution is 2.37. The van der Waals surface area contributed by atoms with Crippen LogP contribution in [0.2, 0.25) is 0 Å². The van der Waals surface area contributed by atoms with E-state index in [0.29, 0.717) is 12.0 Å². The van der Waals surface area contributed by atoms with Crippen LogP contribution in [0.25, 0.3) is 0 Å². The Morgan fingerprint density at radius 1 is 1.15 bits per heavy atom. The van der Waals surface area contributed by atoms with Crippen LogP contribution in [-0.4, -0.2) is 52.7 Å². The van der Waals surface area contributed by atoms with Crippen LogP contribution in [0.15, 0.2) is 48.2 Å². The van der Waals surface area contributed by atoms with E-state index in [4.69, 9.17) is 4.74 Å². The lowest BCUT2D eigenvalue weighted by molar-refractivity contribution is -0.157. The lowest BCUT2D eigenvalue weighted by Gasteiger charge is -2.49. The van der Waals surface area contributed by atoms with Gasteiger partial charge in [0.05, 0.1) is 24.3 Å². The lowest BCUT2D eigenvalue weighted by Crippen LogP contribution is -2.71. The number of hydrogen-bond donors (Lipinski definition) is 0. The van der Waals surface area contributed by atoms with Gasteiger partial charge in [0.1, 0.15) is 11.7 Å². The fourth-order valence-corrected chi connectivity index (χ4v) is 3.59. The fourth-order valence-electron chi connectivity index (χ4n) is 3.59. The van der Waals surface area contributed by atoms with E-state index in [-0.39, 0.29) is 16.8 Å². The van der Waals surface area contributed by atoms with Crippen LogP contribution in [0.5, 0.6) is 0 Å². The zero-order valence-electron chi connectivity index (χ0n) is 15.4. The van der Waals surface area contributed by atoms with E-state index in [0.717, 1.165) is 4.90 Å². The zero-order chi connectivity index (χ0) is 19.9. The van der Waals surface area contributed by atoms with Gasteiger partial charge in [-0.05, 0) is 38.0 Å². The molecule has 1 fully saturated rings. The van der Waals surface area contributed by atoms with Gasteiger partial charge < -0.3 is 4.74 Å². The number of amides is 3. The number of likely N-dealkylation sites (tertiary alicyclic amines) is 1. The summed E-state index contributed by atoms with van der Waals surface area (Å²) in [7, 11) is 1.24. The minimum atomic E-state index is -0.977. The van der Waals surface area contributed by atoms with Gasteiger partial charge in [0.2, 0.25) is 0 Å². The van der Waals surface area contributed by atoms with Crippen molar-refractivity contribution in [1.29, 1.82) is 0 Å². The summed E-state index contributed by atoms with van der Waals surface area (Å²) < 4.78 is 4.79. The van der Waals surface area contributed by atoms with Gasteiger partial charge in [-0.2, -0.15) is 0 Å². The molecule has 0 aliphatic carbocycles. The SMILES string of the molecule is C=CC[C@@H]1C(N2C(=O)c3ccccc3C2=O)C(=O)N1C(C(=O)OC)=C(C)C. The first kappa shape index (κ1) is 18.6. The molecular formula is C20H20N2O5. The van der Waals surface area contributed by atoms with Crippen LogP contribution in [0.4, 0.5) is 0 Å². The van der Waals surface area contributed by atoms with Crippen LogP contribution in [0, 0.1) is 0 Å². The second-order valence-electron chi connectivity index (χ2n) is 6.61. The zero-order valence-corrected chi connectivity index (χ0v) is 15.4. The minimum Gasteiger partial charge on any atom is -0.464 e. The molecule has 0 N–H and O–H groups in total. The number of fused-ring (bicyclic) bond motifs is 1. The normalized spacial score (nSPS) is 20.9. The van der Waals surface area contributed by atoms with Crippen molar-refractivity contribution in [2.75, 3.05) is 7.11 Å². The number of allylic oxidation sites excluding steroid dienone is 1. The van der Waals surface area contributed by atoms with Gasteiger partial charge in [0.25, 0.3) is 17.7 Å². The number of nitrogens with zero attached hydrogens (tertiary/aromatic N) is 2. The highest BCUT2D eigenvalue weighted by Gasteiger charge is 2.57. The molecule has 3 rings (SSSR count). The highest BCUT2D eigenvalue weighted by molar-refractivity contribution is 6.23. The molecule has 0 spiro atoms. The molecule has 1 aromatic rings.